The van der Waals surface area contributed by atoms with Gasteiger partial charge in [0.15, 0.2) is 0 Å². The normalized spacial score (nSPS) is 21.5. The molecular weight excluding hydrogens is 648 g/mol. The van der Waals surface area contributed by atoms with Crippen molar-refractivity contribution in [2.45, 2.75) is 70.6 Å². The lowest BCUT2D eigenvalue weighted by Gasteiger charge is -2.27. The molecule has 1 unspecified atom stereocenters. The monoisotopic (exact) mass is 694 g/mol. The molecule has 49 heavy (non-hydrogen) atoms. The zero-order chi connectivity index (χ0) is 33.9. The van der Waals surface area contributed by atoms with Crippen LogP contribution in [0.3, 0.4) is 0 Å². The van der Waals surface area contributed by atoms with Crippen LogP contribution in [0.25, 0.3) is 0 Å². The first-order chi connectivity index (χ1) is 23.2. The quantitative estimate of drug-likeness (QED) is 0.320. The molecule has 0 radical (unpaired) electrons. The van der Waals surface area contributed by atoms with Gasteiger partial charge in [0, 0.05) is 38.7 Å². The maximum absolute atomic E-state index is 13.6. The highest BCUT2D eigenvalue weighted by Crippen LogP contribution is 2.15. The number of nitrogens with zero attached hydrogens (tertiary/aromatic N) is 4. The van der Waals surface area contributed by atoms with E-state index in [0.717, 1.165) is 36.2 Å². The van der Waals surface area contributed by atoms with Crippen LogP contribution in [-0.4, -0.2) is 94.4 Å². The van der Waals surface area contributed by atoms with E-state index in [1.165, 1.54) is 0 Å². The number of fused-ring (bicyclic) bond motifs is 4. The van der Waals surface area contributed by atoms with Crippen LogP contribution < -0.4 is 26.0 Å². The Balaban J connectivity index is 0.00000541. The number of carbonyl (C=O) groups is 4. The Bertz CT molecular complexity index is 1550. The molecule has 2 aliphatic heterocycles. The number of nitrogens with one attached hydrogen (secondary N) is 4. The Kier molecular flexibility index (Phi) is 14.0. The molecule has 3 atom stereocenters. The van der Waals surface area contributed by atoms with Gasteiger partial charge in [0.2, 0.25) is 23.6 Å². The summed E-state index contributed by atoms with van der Waals surface area (Å²) in [6, 6.07) is 14.7. The number of rotatable bonds is 4. The fraction of sp³-hybridized carbons (Fsp3) is 0.486. The van der Waals surface area contributed by atoms with Gasteiger partial charge in [-0.1, -0.05) is 61.5 Å². The van der Waals surface area contributed by atoms with Crippen LogP contribution in [0.4, 0.5) is 0 Å². The van der Waals surface area contributed by atoms with Crippen molar-refractivity contribution >= 4 is 36.0 Å². The van der Waals surface area contributed by atoms with Crippen molar-refractivity contribution in [3.05, 3.63) is 77.6 Å². The molecule has 1 saturated heterocycles. The molecule has 1 fully saturated rings. The van der Waals surface area contributed by atoms with Gasteiger partial charge in [0.25, 0.3) is 0 Å². The third-order valence-corrected chi connectivity index (χ3v) is 8.61. The van der Waals surface area contributed by atoms with Gasteiger partial charge in [-0.05, 0) is 48.6 Å². The molecule has 4 amide bonds. The Morgan fingerprint density at radius 3 is 2.55 bits per heavy atom. The minimum absolute atomic E-state index is 0. The zero-order valence-corrected chi connectivity index (χ0v) is 28.9. The van der Waals surface area contributed by atoms with E-state index in [-0.39, 0.29) is 61.5 Å². The maximum Gasteiger partial charge on any atom is 0.243 e. The Hall–Kier alpha value is -4.49. The predicted molar refractivity (Wildman–Crippen MR) is 186 cm³/mol. The van der Waals surface area contributed by atoms with Crippen molar-refractivity contribution in [1.29, 1.82) is 0 Å². The van der Waals surface area contributed by atoms with Gasteiger partial charge in [-0.15, -0.1) is 17.5 Å². The summed E-state index contributed by atoms with van der Waals surface area (Å²) >= 11 is 0. The van der Waals surface area contributed by atoms with Crippen LogP contribution in [0, 0.1) is 5.92 Å². The average molecular weight is 695 g/mol. The first kappa shape index (κ1) is 37.3. The third-order valence-electron chi connectivity index (χ3n) is 8.61. The minimum Gasteiger partial charge on any atom is -0.492 e. The Morgan fingerprint density at radius 1 is 0.980 bits per heavy atom. The zero-order valence-electron chi connectivity index (χ0n) is 28.1. The number of aromatic nitrogens is 3. The second-order valence-electron chi connectivity index (χ2n) is 12.7. The fourth-order valence-corrected chi connectivity index (χ4v) is 5.96. The Labute approximate surface area is 293 Å². The summed E-state index contributed by atoms with van der Waals surface area (Å²) in [7, 11) is 0. The van der Waals surface area contributed by atoms with Crippen molar-refractivity contribution in [3.63, 3.8) is 0 Å². The van der Waals surface area contributed by atoms with Gasteiger partial charge >= 0.3 is 0 Å². The predicted octanol–water partition coefficient (Wildman–Crippen LogP) is 1.44. The second kappa shape index (κ2) is 18.3. The van der Waals surface area contributed by atoms with E-state index in [9.17, 15) is 19.2 Å². The van der Waals surface area contributed by atoms with Gasteiger partial charge in [0.1, 0.15) is 24.4 Å². The highest BCUT2D eigenvalue weighted by atomic mass is 35.5. The molecule has 0 saturated carbocycles. The second-order valence-corrected chi connectivity index (χ2v) is 12.7. The first-order valence-electron chi connectivity index (χ1n) is 16.8. The molecule has 3 heterocycles. The van der Waals surface area contributed by atoms with E-state index in [4.69, 9.17) is 4.74 Å². The molecule has 3 aromatic rings. The van der Waals surface area contributed by atoms with Crippen LogP contribution in [0.5, 0.6) is 5.75 Å². The van der Waals surface area contributed by atoms with Gasteiger partial charge in [-0.3, -0.25) is 19.2 Å². The Morgan fingerprint density at radius 2 is 1.80 bits per heavy atom. The van der Waals surface area contributed by atoms with Crippen LogP contribution in [0.15, 0.2) is 60.8 Å². The summed E-state index contributed by atoms with van der Waals surface area (Å²) < 4.78 is 7.65. The summed E-state index contributed by atoms with van der Waals surface area (Å²) in [4.78, 5) is 55.7. The van der Waals surface area contributed by atoms with Crippen molar-refractivity contribution in [1.82, 2.24) is 41.2 Å². The summed E-state index contributed by atoms with van der Waals surface area (Å²) in [6.45, 7) is 6.20. The first-order valence-corrected chi connectivity index (χ1v) is 16.8. The van der Waals surface area contributed by atoms with Crippen molar-refractivity contribution in [2.75, 3.05) is 32.8 Å². The molecule has 4 bridgehead atoms. The van der Waals surface area contributed by atoms with Crippen molar-refractivity contribution < 1.29 is 23.9 Å². The molecule has 2 aliphatic rings. The van der Waals surface area contributed by atoms with E-state index < -0.39 is 18.0 Å². The number of hydrogen-bond donors (Lipinski definition) is 4. The number of carbonyl (C=O) groups excluding carboxylic acids is 4. The lowest BCUT2D eigenvalue weighted by atomic mass is 10.0. The van der Waals surface area contributed by atoms with Crippen LogP contribution >= 0.6 is 12.4 Å². The molecule has 4 N–H and O–H groups in total. The van der Waals surface area contributed by atoms with E-state index >= 15 is 0 Å². The number of amides is 4. The number of ether oxygens (including phenoxy) is 1. The third kappa shape index (κ3) is 11.0. The minimum atomic E-state index is -0.899. The highest BCUT2D eigenvalue weighted by molar-refractivity contribution is 5.92. The van der Waals surface area contributed by atoms with Crippen LogP contribution in [0.1, 0.15) is 43.5 Å². The summed E-state index contributed by atoms with van der Waals surface area (Å²) in [5, 5.41) is 20.5. The molecule has 2 aromatic carbocycles. The van der Waals surface area contributed by atoms with E-state index in [0.29, 0.717) is 38.4 Å². The lowest BCUT2D eigenvalue weighted by molar-refractivity contribution is -0.134. The molecule has 264 valence electrons. The summed E-state index contributed by atoms with van der Waals surface area (Å²) in [6.07, 6.45) is 4.35. The van der Waals surface area contributed by atoms with Gasteiger partial charge in [-0.25, -0.2) is 4.68 Å². The maximum atomic E-state index is 13.6. The van der Waals surface area contributed by atoms with Gasteiger partial charge < -0.3 is 30.9 Å². The SMILES string of the molecule is CC(C)C1NC(=O)Cc2cccc(c2)OCCn2cc(nn2)CCN(C(=O)[C@H]2CCCN2)CCNC(=O)[C@H](Cc2ccccc2)NC1=O.Cl. The summed E-state index contributed by atoms with van der Waals surface area (Å²) in [5.41, 5.74) is 2.36. The smallest absolute Gasteiger partial charge is 0.243 e. The van der Waals surface area contributed by atoms with E-state index in [1.807, 2.05) is 68.6 Å². The number of benzene rings is 2. The van der Waals surface area contributed by atoms with Gasteiger partial charge in [-0.2, -0.15) is 0 Å². The number of hydrogen-bond acceptors (Lipinski definition) is 8. The fourth-order valence-electron chi connectivity index (χ4n) is 5.96. The summed E-state index contributed by atoms with van der Waals surface area (Å²) in [5.74, 6) is -0.770. The molecule has 1 aromatic heterocycles. The molecule has 14 heteroatoms. The number of halogens is 1. The molecule has 0 spiro atoms. The van der Waals surface area contributed by atoms with Crippen molar-refractivity contribution in [2.24, 2.45) is 5.92 Å². The molecular formula is C35H47ClN8O5. The highest BCUT2D eigenvalue weighted by Gasteiger charge is 2.30. The van der Waals surface area contributed by atoms with Crippen LogP contribution in [-0.2, 0) is 45.0 Å². The van der Waals surface area contributed by atoms with E-state index in [1.54, 1.807) is 15.6 Å². The van der Waals surface area contributed by atoms with E-state index in [2.05, 4.69) is 31.6 Å². The lowest BCUT2D eigenvalue weighted by Crippen LogP contribution is -2.56. The van der Waals surface area contributed by atoms with Crippen molar-refractivity contribution in [3.8, 4) is 5.75 Å². The van der Waals surface area contributed by atoms with Crippen LogP contribution in [0.2, 0.25) is 0 Å². The topological polar surface area (TPSA) is 160 Å². The molecule has 0 aliphatic carbocycles. The molecule has 5 rings (SSSR count). The average Bonchev–Trinajstić information content (AvgIpc) is 3.78. The van der Waals surface area contributed by atoms with Gasteiger partial charge in [0.05, 0.1) is 24.7 Å². The largest absolute Gasteiger partial charge is 0.492 e. The molecule has 13 nitrogen and oxygen atoms in total. The standard InChI is InChI=1S/C35H46N8O5.ClH/c1-24(2)32-34(46)38-30(21-25-8-4-3-5-9-25)33(45)37-15-17-42(35(47)29-12-7-14-36-29)16-13-27-23-43(41-40-27)18-19-48-28-11-6-10-26(20-28)22-31(44)39-32;/h3-6,8-11,20,23-24,29-30,32,36H,7,12-19,21-22H2,1-2H3,(H,37,45)(H,38,46)(H,39,44);1H/t29-,30+,32?;/m1./s1.